The van der Waals surface area contributed by atoms with Gasteiger partial charge in [-0.05, 0) is 24.6 Å². The van der Waals surface area contributed by atoms with E-state index in [2.05, 4.69) is 20.6 Å². The van der Waals surface area contributed by atoms with Gasteiger partial charge in [-0.1, -0.05) is 17.6 Å². The van der Waals surface area contributed by atoms with Gasteiger partial charge in [0.1, 0.15) is 13.4 Å². The van der Waals surface area contributed by atoms with Crippen LogP contribution in [-0.2, 0) is 0 Å². The normalized spacial score (nSPS) is 14.5. The van der Waals surface area contributed by atoms with Gasteiger partial charge in [0.25, 0.3) is 5.91 Å². The van der Waals surface area contributed by atoms with E-state index < -0.39 is 5.82 Å². The molecule has 138 valence electrons. The lowest BCUT2D eigenvalue weighted by molar-refractivity contribution is 0.0736. The molecule has 3 aromatic rings. The van der Waals surface area contributed by atoms with Crippen LogP contribution in [0.5, 0.6) is 0 Å². The van der Waals surface area contributed by atoms with E-state index in [-0.39, 0.29) is 17.1 Å². The quantitative estimate of drug-likeness (QED) is 0.607. The molecule has 4 rings (SSSR count). The molecule has 0 unspecified atom stereocenters. The first-order chi connectivity index (χ1) is 13.0. The van der Waals surface area contributed by atoms with Crippen molar-refractivity contribution in [2.75, 3.05) is 31.5 Å². The van der Waals surface area contributed by atoms with Gasteiger partial charge in [-0.25, -0.2) is 9.37 Å². The number of anilines is 2. The molecular formula is C19H21BFN5O. The van der Waals surface area contributed by atoms with Crippen LogP contribution in [-0.4, -0.2) is 54.8 Å². The lowest BCUT2D eigenvalue weighted by Crippen LogP contribution is -2.46. The molecule has 0 aliphatic carbocycles. The van der Waals surface area contributed by atoms with Gasteiger partial charge in [0.05, 0.1) is 23.1 Å². The minimum atomic E-state index is -0.521. The van der Waals surface area contributed by atoms with Crippen LogP contribution in [0.1, 0.15) is 15.9 Å². The number of halogens is 1. The van der Waals surface area contributed by atoms with Crippen molar-refractivity contribution < 1.29 is 9.18 Å². The molecule has 1 aromatic heterocycles. The van der Waals surface area contributed by atoms with Gasteiger partial charge in [-0.3, -0.25) is 4.79 Å². The summed E-state index contributed by atoms with van der Waals surface area (Å²) in [6, 6.07) is 7.56. The van der Waals surface area contributed by atoms with E-state index in [1.807, 2.05) is 33.0 Å². The number of carbonyl (C=O) groups excluding carboxylic acids is 1. The number of fused-ring (bicyclic) bond motifs is 1. The molecule has 0 bridgehead atoms. The molecule has 0 atom stereocenters. The highest BCUT2D eigenvalue weighted by Gasteiger charge is 2.25. The van der Waals surface area contributed by atoms with Crippen molar-refractivity contribution in [1.82, 2.24) is 20.2 Å². The predicted octanol–water partition coefficient (Wildman–Crippen LogP) is 1.06. The molecule has 1 fully saturated rings. The Kier molecular flexibility index (Phi) is 4.57. The number of imidazole rings is 1. The topological polar surface area (TPSA) is 73.1 Å². The number of nitrogens with one attached hydrogen (secondary N) is 3. The van der Waals surface area contributed by atoms with E-state index in [0.717, 1.165) is 29.8 Å². The number of H-pyrrole nitrogens is 1. The average molecular weight is 365 g/mol. The molecule has 2 heterocycles. The maximum Gasteiger partial charge on any atom is 0.256 e. The van der Waals surface area contributed by atoms with E-state index in [1.165, 1.54) is 6.33 Å². The third-order valence-corrected chi connectivity index (χ3v) is 4.93. The van der Waals surface area contributed by atoms with Crippen LogP contribution >= 0.6 is 0 Å². The maximum absolute atomic E-state index is 15.3. The lowest BCUT2D eigenvalue weighted by atomic mass is 9.94. The molecule has 2 aromatic carbocycles. The minimum Gasteiger partial charge on any atom is -0.352 e. The fourth-order valence-electron chi connectivity index (χ4n) is 3.46. The Bertz CT molecular complexity index is 1010. The van der Waals surface area contributed by atoms with Gasteiger partial charge in [0.2, 0.25) is 0 Å². The monoisotopic (exact) mass is 365 g/mol. The van der Waals surface area contributed by atoms with Crippen LogP contribution < -0.4 is 16.1 Å². The highest BCUT2D eigenvalue weighted by Crippen LogP contribution is 2.31. The summed E-state index contributed by atoms with van der Waals surface area (Å²) in [6.07, 6.45) is 1.44. The number of nitrogens with zero attached hydrogens (tertiary/aromatic N) is 2. The second kappa shape index (κ2) is 7.04. The van der Waals surface area contributed by atoms with Crippen molar-refractivity contribution in [3.8, 4) is 0 Å². The molecule has 1 saturated heterocycles. The summed E-state index contributed by atoms with van der Waals surface area (Å²) in [5.74, 6) is -0.702. The smallest absolute Gasteiger partial charge is 0.256 e. The highest BCUT2D eigenvalue weighted by atomic mass is 19.1. The Morgan fingerprint density at radius 2 is 2.07 bits per heavy atom. The van der Waals surface area contributed by atoms with Crippen molar-refractivity contribution in [2.24, 2.45) is 0 Å². The van der Waals surface area contributed by atoms with Crippen molar-refractivity contribution in [1.29, 1.82) is 0 Å². The average Bonchev–Trinajstić information content (AvgIpc) is 3.15. The zero-order valence-corrected chi connectivity index (χ0v) is 15.4. The van der Waals surface area contributed by atoms with E-state index in [0.29, 0.717) is 24.2 Å². The molecule has 0 radical (unpaired) electrons. The number of rotatable bonds is 3. The Labute approximate surface area is 157 Å². The molecule has 0 spiro atoms. The molecule has 8 heteroatoms. The Morgan fingerprint density at radius 3 is 2.81 bits per heavy atom. The van der Waals surface area contributed by atoms with Gasteiger partial charge in [-0.15, -0.1) is 0 Å². The minimum absolute atomic E-state index is 0.171. The van der Waals surface area contributed by atoms with E-state index in [9.17, 15) is 4.79 Å². The number of hydrogen-bond acceptors (Lipinski definition) is 4. The van der Waals surface area contributed by atoms with E-state index in [4.69, 9.17) is 0 Å². The first-order valence-corrected chi connectivity index (χ1v) is 9.04. The van der Waals surface area contributed by atoms with Gasteiger partial charge < -0.3 is 20.5 Å². The second-order valence-corrected chi connectivity index (χ2v) is 6.90. The van der Waals surface area contributed by atoms with Crippen molar-refractivity contribution >= 4 is 41.6 Å². The largest absolute Gasteiger partial charge is 0.352 e. The van der Waals surface area contributed by atoms with E-state index in [1.54, 1.807) is 11.0 Å². The number of amides is 1. The molecular weight excluding hydrogens is 344 g/mol. The van der Waals surface area contributed by atoms with Crippen LogP contribution in [0.25, 0.3) is 11.0 Å². The molecule has 27 heavy (non-hydrogen) atoms. The summed E-state index contributed by atoms with van der Waals surface area (Å²) in [5.41, 5.74) is 4.09. The van der Waals surface area contributed by atoms with Crippen LogP contribution in [0.3, 0.4) is 0 Å². The molecule has 1 amide bonds. The summed E-state index contributed by atoms with van der Waals surface area (Å²) in [5, 5.41) is 6.37. The van der Waals surface area contributed by atoms with Crippen molar-refractivity contribution in [3.63, 3.8) is 0 Å². The first-order valence-electron chi connectivity index (χ1n) is 9.04. The van der Waals surface area contributed by atoms with Crippen LogP contribution in [0.4, 0.5) is 15.8 Å². The molecule has 1 aliphatic heterocycles. The number of aryl methyl sites for hydroxylation is 1. The van der Waals surface area contributed by atoms with Crippen LogP contribution in [0.2, 0.25) is 0 Å². The maximum atomic E-state index is 15.3. The van der Waals surface area contributed by atoms with Crippen molar-refractivity contribution in [2.45, 2.75) is 6.92 Å². The van der Waals surface area contributed by atoms with Gasteiger partial charge in [0, 0.05) is 31.9 Å². The van der Waals surface area contributed by atoms with Gasteiger partial charge >= 0.3 is 0 Å². The number of piperazine rings is 1. The number of carbonyl (C=O) groups is 1. The third-order valence-electron chi connectivity index (χ3n) is 4.93. The van der Waals surface area contributed by atoms with Crippen LogP contribution in [0, 0.1) is 12.7 Å². The summed E-state index contributed by atoms with van der Waals surface area (Å²) >= 11 is 0. The zero-order valence-electron chi connectivity index (χ0n) is 15.4. The first kappa shape index (κ1) is 17.5. The Morgan fingerprint density at radius 1 is 1.30 bits per heavy atom. The number of hydrogen-bond donors (Lipinski definition) is 3. The molecule has 6 nitrogen and oxygen atoms in total. The van der Waals surface area contributed by atoms with Gasteiger partial charge in [0.15, 0.2) is 5.82 Å². The molecule has 3 N–H and O–H groups in total. The highest BCUT2D eigenvalue weighted by molar-refractivity contribution is 6.32. The number of aromatic nitrogens is 2. The Hall–Kier alpha value is -2.87. The number of benzene rings is 2. The second-order valence-electron chi connectivity index (χ2n) is 6.90. The van der Waals surface area contributed by atoms with Crippen molar-refractivity contribution in [3.05, 3.63) is 47.5 Å². The summed E-state index contributed by atoms with van der Waals surface area (Å²) < 4.78 is 15.3. The fourth-order valence-corrected chi connectivity index (χ4v) is 3.46. The Balaban J connectivity index is 1.81. The van der Waals surface area contributed by atoms with E-state index >= 15 is 4.39 Å². The molecule has 0 saturated carbocycles. The standard InChI is InChI=1S/C19H21BFN5O/c1-11-8-12(20)2-3-14(11)25-17-13(19(27)26-6-4-22-5-7-26)9-15-18(16(17)21)24-10-23-15/h2-3,8-10,22,25H,4-7,20H2,1H3,(H,23,24). The summed E-state index contributed by atoms with van der Waals surface area (Å²) in [6.45, 7) is 4.63. The molecule has 1 aliphatic rings. The zero-order chi connectivity index (χ0) is 19.0. The third kappa shape index (κ3) is 3.28. The summed E-state index contributed by atoms with van der Waals surface area (Å²) in [4.78, 5) is 21.8. The summed E-state index contributed by atoms with van der Waals surface area (Å²) in [7, 11) is 2.01. The fraction of sp³-hybridized carbons (Fsp3) is 0.263. The SMILES string of the molecule is Bc1ccc(Nc2c(C(=O)N3CCNCC3)cc3[nH]cnc3c2F)c(C)c1. The predicted molar refractivity (Wildman–Crippen MR) is 107 cm³/mol. The van der Waals surface area contributed by atoms with Gasteiger partial charge in [-0.2, -0.15) is 0 Å². The lowest BCUT2D eigenvalue weighted by Gasteiger charge is -2.28. The van der Waals surface area contributed by atoms with Crippen LogP contribution in [0.15, 0.2) is 30.6 Å². The number of aromatic amines is 1.